The fraction of sp³-hybridized carbons (Fsp3) is 0.250. The molecule has 0 fully saturated rings. The first-order valence-corrected chi connectivity index (χ1v) is 5.62. The van der Waals surface area contributed by atoms with Crippen LogP contribution in [-0.2, 0) is 6.42 Å². The van der Waals surface area contributed by atoms with E-state index in [-0.39, 0.29) is 10.6 Å². The van der Waals surface area contributed by atoms with Gasteiger partial charge in [0.15, 0.2) is 0 Å². The van der Waals surface area contributed by atoms with Gasteiger partial charge < -0.3 is 5.73 Å². The lowest BCUT2D eigenvalue weighted by atomic mass is 10.1. The van der Waals surface area contributed by atoms with Gasteiger partial charge in [-0.05, 0) is 19.5 Å². The van der Waals surface area contributed by atoms with Crippen LogP contribution in [0.1, 0.15) is 11.4 Å². The van der Waals surface area contributed by atoms with Crippen LogP contribution in [0.15, 0.2) is 30.6 Å². The topological polar surface area (TPSA) is 87.0 Å². The quantitative estimate of drug-likeness (QED) is 0.655. The third-order valence-electron chi connectivity index (χ3n) is 2.74. The van der Waals surface area contributed by atoms with E-state index in [1.807, 2.05) is 0 Å². The first-order chi connectivity index (χ1) is 8.65. The van der Waals surface area contributed by atoms with Crippen LogP contribution in [0.3, 0.4) is 0 Å². The molecule has 1 aromatic heterocycles. The standard InChI is InChI=1S/C12H14N4O2/c1-9-3-2-4-10(12(9)16(17)18)15-8-7-14-11(15)5-6-13/h2-4,7-8H,5-6,13H2,1H3. The molecule has 0 amide bonds. The maximum atomic E-state index is 11.2. The summed E-state index contributed by atoms with van der Waals surface area (Å²) in [4.78, 5) is 15.0. The summed E-state index contributed by atoms with van der Waals surface area (Å²) >= 11 is 0. The van der Waals surface area contributed by atoms with E-state index in [1.54, 1.807) is 42.1 Å². The lowest BCUT2D eigenvalue weighted by Crippen LogP contribution is -2.10. The molecule has 0 bridgehead atoms. The molecule has 0 unspecified atom stereocenters. The van der Waals surface area contributed by atoms with Crippen LogP contribution in [0.2, 0.25) is 0 Å². The second-order valence-electron chi connectivity index (χ2n) is 3.95. The van der Waals surface area contributed by atoms with Gasteiger partial charge in [-0.3, -0.25) is 14.7 Å². The molecule has 94 valence electrons. The van der Waals surface area contributed by atoms with E-state index in [4.69, 9.17) is 5.73 Å². The van der Waals surface area contributed by atoms with Gasteiger partial charge in [-0.2, -0.15) is 0 Å². The van der Waals surface area contributed by atoms with Crippen molar-refractivity contribution in [3.8, 4) is 5.69 Å². The van der Waals surface area contributed by atoms with Crippen LogP contribution in [0.4, 0.5) is 5.69 Å². The lowest BCUT2D eigenvalue weighted by Gasteiger charge is -2.09. The summed E-state index contributed by atoms with van der Waals surface area (Å²) in [6, 6.07) is 5.23. The molecular weight excluding hydrogens is 232 g/mol. The summed E-state index contributed by atoms with van der Waals surface area (Å²) in [5, 5.41) is 11.2. The minimum atomic E-state index is -0.364. The second-order valence-corrected chi connectivity index (χ2v) is 3.95. The number of benzene rings is 1. The fourth-order valence-electron chi connectivity index (χ4n) is 1.94. The van der Waals surface area contributed by atoms with Crippen molar-refractivity contribution in [2.45, 2.75) is 13.3 Å². The maximum absolute atomic E-state index is 11.2. The smallest absolute Gasteiger partial charge is 0.296 e. The van der Waals surface area contributed by atoms with E-state index in [9.17, 15) is 10.1 Å². The Labute approximate surface area is 104 Å². The molecule has 0 aliphatic rings. The molecule has 6 nitrogen and oxygen atoms in total. The highest BCUT2D eigenvalue weighted by Gasteiger charge is 2.19. The molecule has 0 radical (unpaired) electrons. The number of nitro benzene ring substituents is 1. The zero-order chi connectivity index (χ0) is 13.1. The molecule has 0 spiro atoms. The van der Waals surface area contributed by atoms with Gasteiger partial charge in [0.25, 0.3) is 5.69 Å². The van der Waals surface area contributed by atoms with Crippen molar-refractivity contribution < 1.29 is 4.92 Å². The molecule has 2 rings (SSSR count). The third kappa shape index (κ3) is 2.10. The van der Waals surface area contributed by atoms with Gasteiger partial charge in [0.05, 0.1) is 4.92 Å². The van der Waals surface area contributed by atoms with Crippen molar-refractivity contribution in [3.05, 3.63) is 52.1 Å². The fourth-order valence-corrected chi connectivity index (χ4v) is 1.94. The summed E-state index contributed by atoms with van der Waals surface area (Å²) in [5.41, 5.74) is 6.77. The molecule has 2 N–H and O–H groups in total. The van der Waals surface area contributed by atoms with Crippen molar-refractivity contribution in [3.63, 3.8) is 0 Å². The van der Waals surface area contributed by atoms with Gasteiger partial charge in [0, 0.05) is 24.4 Å². The Morgan fingerprint density at radius 2 is 2.28 bits per heavy atom. The number of aromatic nitrogens is 2. The molecule has 0 aliphatic heterocycles. The number of imidazole rings is 1. The normalized spacial score (nSPS) is 10.6. The zero-order valence-electron chi connectivity index (χ0n) is 10.0. The van der Waals surface area contributed by atoms with Crippen molar-refractivity contribution in [1.29, 1.82) is 0 Å². The highest BCUT2D eigenvalue weighted by Crippen LogP contribution is 2.27. The van der Waals surface area contributed by atoms with E-state index in [0.29, 0.717) is 24.2 Å². The number of rotatable bonds is 4. The molecule has 1 aromatic carbocycles. The van der Waals surface area contributed by atoms with Gasteiger partial charge >= 0.3 is 0 Å². The second kappa shape index (κ2) is 4.97. The Morgan fingerprint density at radius 1 is 1.50 bits per heavy atom. The van der Waals surface area contributed by atoms with Crippen molar-refractivity contribution in [2.24, 2.45) is 5.73 Å². The largest absolute Gasteiger partial charge is 0.330 e. The molecular formula is C12H14N4O2. The molecule has 0 saturated carbocycles. The summed E-state index contributed by atoms with van der Waals surface area (Å²) in [6.07, 6.45) is 3.92. The van der Waals surface area contributed by atoms with Crippen molar-refractivity contribution >= 4 is 5.69 Å². The zero-order valence-corrected chi connectivity index (χ0v) is 10.0. The number of para-hydroxylation sites is 1. The Hall–Kier alpha value is -2.21. The van der Waals surface area contributed by atoms with Crippen LogP contribution in [0, 0.1) is 17.0 Å². The summed E-state index contributed by atoms with van der Waals surface area (Å²) < 4.78 is 1.72. The molecule has 6 heteroatoms. The monoisotopic (exact) mass is 246 g/mol. The molecule has 0 atom stereocenters. The van der Waals surface area contributed by atoms with Crippen molar-refractivity contribution in [2.75, 3.05) is 6.54 Å². The molecule has 1 heterocycles. The number of hydrogen-bond donors (Lipinski definition) is 1. The predicted molar refractivity (Wildman–Crippen MR) is 67.7 cm³/mol. The number of hydrogen-bond acceptors (Lipinski definition) is 4. The van der Waals surface area contributed by atoms with Gasteiger partial charge in [-0.25, -0.2) is 4.98 Å². The minimum Gasteiger partial charge on any atom is -0.330 e. The minimum absolute atomic E-state index is 0.105. The predicted octanol–water partition coefficient (Wildman–Crippen LogP) is 1.59. The Kier molecular flexibility index (Phi) is 3.38. The van der Waals surface area contributed by atoms with Crippen LogP contribution in [0.25, 0.3) is 5.69 Å². The van der Waals surface area contributed by atoms with Crippen molar-refractivity contribution in [1.82, 2.24) is 9.55 Å². The van der Waals surface area contributed by atoms with Crippen LogP contribution in [-0.4, -0.2) is 21.0 Å². The molecule has 18 heavy (non-hydrogen) atoms. The molecule has 2 aromatic rings. The molecule has 0 saturated heterocycles. The van der Waals surface area contributed by atoms with Gasteiger partial charge in [0.1, 0.15) is 11.5 Å². The highest BCUT2D eigenvalue weighted by molar-refractivity contribution is 5.57. The van der Waals surface area contributed by atoms with E-state index < -0.39 is 0 Å². The molecule has 0 aliphatic carbocycles. The van der Waals surface area contributed by atoms with E-state index in [0.717, 1.165) is 5.82 Å². The Balaban J connectivity index is 2.60. The van der Waals surface area contributed by atoms with Crippen LogP contribution in [0.5, 0.6) is 0 Å². The van der Waals surface area contributed by atoms with E-state index >= 15 is 0 Å². The maximum Gasteiger partial charge on any atom is 0.296 e. The average molecular weight is 246 g/mol. The van der Waals surface area contributed by atoms with Gasteiger partial charge in [-0.1, -0.05) is 12.1 Å². The Morgan fingerprint density at radius 3 is 2.94 bits per heavy atom. The third-order valence-corrected chi connectivity index (χ3v) is 2.74. The summed E-state index contributed by atoms with van der Waals surface area (Å²) in [5.74, 6) is 0.728. The average Bonchev–Trinajstić information content (AvgIpc) is 2.76. The first kappa shape index (κ1) is 12.3. The van der Waals surface area contributed by atoms with E-state index in [1.165, 1.54) is 0 Å². The lowest BCUT2D eigenvalue weighted by molar-refractivity contribution is -0.385. The number of nitrogens with two attached hydrogens (primary N) is 1. The number of nitrogens with zero attached hydrogens (tertiary/aromatic N) is 3. The summed E-state index contributed by atoms with van der Waals surface area (Å²) in [7, 11) is 0. The Bertz CT molecular complexity index is 577. The van der Waals surface area contributed by atoms with Crippen LogP contribution < -0.4 is 5.73 Å². The number of aryl methyl sites for hydroxylation is 1. The first-order valence-electron chi connectivity index (χ1n) is 5.62. The SMILES string of the molecule is Cc1cccc(-n2ccnc2CCN)c1[N+](=O)[O-]. The van der Waals surface area contributed by atoms with Crippen LogP contribution >= 0.6 is 0 Å². The van der Waals surface area contributed by atoms with Gasteiger partial charge in [-0.15, -0.1) is 0 Å². The number of nitro groups is 1. The van der Waals surface area contributed by atoms with E-state index in [2.05, 4.69) is 4.98 Å². The van der Waals surface area contributed by atoms with Gasteiger partial charge in [0.2, 0.25) is 0 Å². The highest BCUT2D eigenvalue weighted by atomic mass is 16.6. The summed E-state index contributed by atoms with van der Waals surface area (Å²) in [6.45, 7) is 2.18.